The van der Waals surface area contributed by atoms with Crippen LogP contribution in [0.2, 0.25) is 0 Å². The lowest BCUT2D eigenvalue weighted by atomic mass is 9.98. The van der Waals surface area contributed by atoms with Crippen molar-refractivity contribution >= 4 is 21.6 Å². The van der Waals surface area contributed by atoms with Gasteiger partial charge in [-0.3, -0.25) is 0 Å². The van der Waals surface area contributed by atoms with E-state index in [9.17, 15) is 0 Å². The Morgan fingerprint density at radius 1 is 1.44 bits per heavy atom. The summed E-state index contributed by atoms with van der Waals surface area (Å²) in [6, 6.07) is 7.74. The van der Waals surface area contributed by atoms with Gasteiger partial charge in [0.25, 0.3) is 0 Å². The normalized spacial score (nSPS) is 10.9. The summed E-state index contributed by atoms with van der Waals surface area (Å²) in [6.45, 7) is 6.54. The van der Waals surface area contributed by atoms with E-state index in [4.69, 9.17) is 5.26 Å². The van der Waals surface area contributed by atoms with Gasteiger partial charge < -0.3 is 5.32 Å². The van der Waals surface area contributed by atoms with Gasteiger partial charge in [-0.2, -0.15) is 5.26 Å². The summed E-state index contributed by atoms with van der Waals surface area (Å²) < 4.78 is 0.940. The molecule has 0 spiro atoms. The molecule has 1 aromatic carbocycles. The van der Waals surface area contributed by atoms with Crippen LogP contribution in [0.3, 0.4) is 0 Å². The molecule has 0 aliphatic heterocycles. The fourth-order valence-electron chi connectivity index (χ4n) is 1.74. The largest absolute Gasteiger partial charge is 0.379 e. The highest BCUT2D eigenvalue weighted by atomic mass is 79.9. The second-order valence-electron chi connectivity index (χ2n) is 4.57. The minimum absolute atomic E-state index is 0.0748. The van der Waals surface area contributed by atoms with Gasteiger partial charge in [-0.15, -0.1) is 0 Å². The van der Waals surface area contributed by atoms with Gasteiger partial charge in [-0.25, -0.2) is 0 Å². The van der Waals surface area contributed by atoms with Crippen molar-refractivity contribution in [3.05, 3.63) is 28.2 Å². The molecule has 0 aliphatic rings. The van der Waals surface area contributed by atoms with Crippen LogP contribution >= 0.6 is 15.9 Å². The number of hydrogen-bond acceptors (Lipinski definition) is 2. The van der Waals surface area contributed by atoms with E-state index in [1.165, 1.54) is 0 Å². The summed E-state index contributed by atoms with van der Waals surface area (Å²) in [5.74, 6) is 0. The number of nitrogens with one attached hydrogen (secondary N) is 1. The predicted molar refractivity (Wildman–Crippen MR) is 71.5 cm³/mol. The summed E-state index contributed by atoms with van der Waals surface area (Å²) >= 11 is 3.48. The quantitative estimate of drug-likeness (QED) is 0.892. The van der Waals surface area contributed by atoms with Crippen molar-refractivity contribution in [2.75, 3.05) is 5.32 Å². The maximum atomic E-state index is 8.78. The Morgan fingerprint density at radius 3 is 2.62 bits per heavy atom. The zero-order valence-electron chi connectivity index (χ0n) is 9.97. The van der Waals surface area contributed by atoms with E-state index < -0.39 is 0 Å². The molecule has 0 radical (unpaired) electrons. The van der Waals surface area contributed by atoms with Crippen LogP contribution in [0.1, 0.15) is 39.2 Å². The average Bonchev–Trinajstić information content (AvgIpc) is 2.20. The minimum atomic E-state index is 0.0748. The maximum Gasteiger partial charge on any atom is 0.0992 e. The van der Waals surface area contributed by atoms with E-state index in [0.29, 0.717) is 5.56 Å². The summed E-state index contributed by atoms with van der Waals surface area (Å²) in [5, 5.41) is 12.3. The van der Waals surface area contributed by atoms with Gasteiger partial charge in [0.05, 0.1) is 11.6 Å². The number of benzene rings is 1. The molecule has 0 amide bonds. The average molecular weight is 281 g/mol. The number of nitrogens with zero attached hydrogens (tertiary/aromatic N) is 1. The molecular formula is C13H17BrN2. The van der Waals surface area contributed by atoms with Gasteiger partial charge in [0.1, 0.15) is 0 Å². The first-order chi connectivity index (χ1) is 7.48. The zero-order chi connectivity index (χ0) is 12.2. The molecule has 0 unspecified atom stereocenters. The highest BCUT2D eigenvalue weighted by Crippen LogP contribution is 2.27. The van der Waals surface area contributed by atoms with Crippen molar-refractivity contribution in [3.8, 4) is 6.07 Å². The van der Waals surface area contributed by atoms with E-state index in [1.807, 2.05) is 18.2 Å². The molecule has 0 bridgehead atoms. The van der Waals surface area contributed by atoms with Crippen molar-refractivity contribution in [1.29, 1.82) is 5.26 Å². The number of halogens is 1. The van der Waals surface area contributed by atoms with Gasteiger partial charge >= 0.3 is 0 Å². The first-order valence-corrected chi connectivity index (χ1v) is 6.25. The lowest BCUT2D eigenvalue weighted by molar-refractivity contribution is 0.511. The van der Waals surface area contributed by atoms with Gasteiger partial charge in [-0.1, -0.05) is 13.3 Å². The zero-order valence-corrected chi connectivity index (χ0v) is 11.6. The number of anilines is 1. The number of hydrogen-bond donors (Lipinski definition) is 1. The van der Waals surface area contributed by atoms with E-state index in [-0.39, 0.29) is 5.54 Å². The standard InChI is InChI=1S/C13H17BrN2/c1-4-7-13(2,3)16-12-6-5-10(9-15)8-11(12)14/h5-6,8,16H,4,7H2,1-3H3. The van der Waals surface area contributed by atoms with Crippen LogP contribution in [0.25, 0.3) is 0 Å². The summed E-state index contributed by atoms with van der Waals surface area (Å²) in [6.07, 6.45) is 2.26. The van der Waals surface area contributed by atoms with E-state index in [1.54, 1.807) is 0 Å². The van der Waals surface area contributed by atoms with Crippen LogP contribution in [0.5, 0.6) is 0 Å². The van der Waals surface area contributed by atoms with Crippen LogP contribution < -0.4 is 5.32 Å². The lowest BCUT2D eigenvalue weighted by Crippen LogP contribution is -2.30. The summed E-state index contributed by atoms with van der Waals surface area (Å²) in [5.41, 5.74) is 1.79. The summed E-state index contributed by atoms with van der Waals surface area (Å²) in [7, 11) is 0. The highest BCUT2D eigenvalue weighted by molar-refractivity contribution is 9.10. The maximum absolute atomic E-state index is 8.78. The Morgan fingerprint density at radius 2 is 2.12 bits per heavy atom. The molecule has 0 aliphatic carbocycles. The Kier molecular flexibility index (Phi) is 4.37. The predicted octanol–water partition coefficient (Wildman–Crippen LogP) is 4.31. The summed E-state index contributed by atoms with van der Waals surface area (Å²) in [4.78, 5) is 0. The Balaban J connectivity index is 2.86. The molecule has 0 aromatic heterocycles. The monoisotopic (exact) mass is 280 g/mol. The molecule has 0 saturated carbocycles. The SMILES string of the molecule is CCCC(C)(C)Nc1ccc(C#N)cc1Br. The second-order valence-corrected chi connectivity index (χ2v) is 5.42. The fraction of sp³-hybridized carbons (Fsp3) is 0.462. The molecule has 1 aromatic rings. The van der Waals surface area contributed by atoms with Crippen LogP contribution in [-0.4, -0.2) is 5.54 Å². The molecule has 0 saturated heterocycles. The van der Waals surface area contributed by atoms with Gasteiger partial charge in [0.2, 0.25) is 0 Å². The van der Waals surface area contributed by atoms with Crippen LogP contribution in [0, 0.1) is 11.3 Å². The van der Waals surface area contributed by atoms with E-state index >= 15 is 0 Å². The Bertz CT molecular complexity index is 405. The van der Waals surface area contributed by atoms with Crippen LogP contribution in [0.4, 0.5) is 5.69 Å². The van der Waals surface area contributed by atoms with Crippen LogP contribution in [0.15, 0.2) is 22.7 Å². The molecule has 16 heavy (non-hydrogen) atoms. The Hall–Kier alpha value is -1.01. The molecule has 0 fully saturated rings. The third-order valence-corrected chi connectivity index (χ3v) is 3.10. The van der Waals surface area contributed by atoms with E-state index in [0.717, 1.165) is 23.0 Å². The molecule has 0 heterocycles. The van der Waals surface area contributed by atoms with Gasteiger partial charge in [-0.05, 0) is 54.4 Å². The van der Waals surface area contributed by atoms with E-state index in [2.05, 4.69) is 48.1 Å². The van der Waals surface area contributed by atoms with Crippen molar-refractivity contribution in [1.82, 2.24) is 0 Å². The third-order valence-electron chi connectivity index (χ3n) is 2.45. The first-order valence-electron chi connectivity index (χ1n) is 5.46. The molecule has 0 atom stereocenters. The first kappa shape index (κ1) is 13.1. The van der Waals surface area contributed by atoms with Gasteiger partial charge in [0.15, 0.2) is 0 Å². The van der Waals surface area contributed by atoms with Gasteiger partial charge in [0, 0.05) is 15.7 Å². The third kappa shape index (κ3) is 3.53. The smallest absolute Gasteiger partial charge is 0.0992 e. The fourth-order valence-corrected chi connectivity index (χ4v) is 2.22. The number of rotatable bonds is 4. The Labute approximate surface area is 106 Å². The number of nitriles is 1. The van der Waals surface area contributed by atoms with Crippen molar-refractivity contribution in [2.24, 2.45) is 0 Å². The second kappa shape index (κ2) is 5.36. The topological polar surface area (TPSA) is 35.8 Å². The molecular weight excluding hydrogens is 264 g/mol. The lowest BCUT2D eigenvalue weighted by Gasteiger charge is -2.27. The minimum Gasteiger partial charge on any atom is -0.379 e. The van der Waals surface area contributed by atoms with Crippen molar-refractivity contribution < 1.29 is 0 Å². The molecule has 1 N–H and O–H groups in total. The van der Waals surface area contributed by atoms with Crippen molar-refractivity contribution in [3.63, 3.8) is 0 Å². The molecule has 86 valence electrons. The molecule has 1 rings (SSSR count). The highest BCUT2D eigenvalue weighted by Gasteiger charge is 2.17. The molecule has 3 heteroatoms. The van der Waals surface area contributed by atoms with Crippen LogP contribution in [-0.2, 0) is 0 Å². The van der Waals surface area contributed by atoms with Crippen molar-refractivity contribution in [2.45, 2.75) is 39.2 Å². The molecule has 2 nitrogen and oxygen atoms in total.